The molecule has 0 aliphatic heterocycles. The summed E-state index contributed by atoms with van der Waals surface area (Å²) < 4.78 is 1.85. The predicted molar refractivity (Wildman–Crippen MR) is 106 cm³/mol. The van der Waals surface area contributed by atoms with Crippen LogP contribution >= 0.6 is 37.2 Å². The van der Waals surface area contributed by atoms with E-state index in [0.29, 0.717) is 0 Å². The molecule has 0 N–H and O–H groups in total. The van der Waals surface area contributed by atoms with Gasteiger partial charge in [0.1, 0.15) is 0 Å². The molecule has 0 radical (unpaired) electrons. The minimum atomic E-state index is -0.775. The predicted octanol–water partition coefficient (Wildman–Crippen LogP) is 6.15. The maximum absolute atomic E-state index is 2.47. The first-order valence-corrected chi connectivity index (χ1v) is 9.82. The van der Waals surface area contributed by atoms with Crippen LogP contribution in [0.15, 0.2) is 82.2 Å². The van der Waals surface area contributed by atoms with Crippen molar-refractivity contribution in [2.24, 2.45) is 0 Å². The molecule has 0 aromatic heterocycles. The number of benzene rings is 2. The second-order valence-electron chi connectivity index (χ2n) is 5.54. The second kappa shape index (κ2) is 9.21. The Bertz CT molecular complexity index is 765. The number of halogens is 3. The van der Waals surface area contributed by atoms with Gasteiger partial charge in [0.25, 0.3) is 0 Å². The van der Waals surface area contributed by atoms with Crippen LogP contribution in [0.3, 0.4) is 0 Å². The average Bonchev–Trinajstić information content (AvgIpc) is 3.18. The van der Waals surface area contributed by atoms with Gasteiger partial charge in [0.05, 0.1) is 0 Å². The monoisotopic (exact) mass is 454 g/mol. The van der Waals surface area contributed by atoms with Gasteiger partial charge in [-0.15, -0.1) is 37.2 Å². The minimum Gasteiger partial charge on any atom is -0.147 e. The van der Waals surface area contributed by atoms with Crippen molar-refractivity contribution >= 4 is 43.3 Å². The molecule has 2 aliphatic rings. The fourth-order valence-electron chi connectivity index (χ4n) is 3.23. The van der Waals surface area contributed by atoms with Crippen LogP contribution in [-0.2, 0) is 26.4 Å². The van der Waals surface area contributed by atoms with Crippen LogP contribution < -0.4 is 0 Å². The van der Waals surface area contributed by atoms with Gasteiger partial charge in [-0.1, -0.05) is 0 Å². The van der Waals surface area contributed by atoms with Gasteiger partial charge in [-0.3, -0.25) is 0 Å². The molecule has 4 heteroatoms. The van der Waals surface area contributed by atoms with Crippen molar-refractivity contribution in [3.05, 3.63) is 98.9 Å². The zero-order valence-electron chi connectivity index (χ0n) is 13.0. The van der Waals surface area contributed by atoms with E-state index in [1.165, 1.54) is 16.7 Å². The summed E-state index contributed by atoms with van der Waals surface area (Å²) in [7, 11) is 0. The van der Waals surface area contributed by atoms with Gasteiger partial charge in [-0.2, -0.15) is 0 Å². The Morgan fingerprint density at radius 2 is 1.54 bits per heavy atom. The third-order valence-electron chi connectivity index (χ3n) is 4.26. The van der Waals surface area contributed by atoms with Crippen LogP contribution in [0.5, 0.6) is 0 Å². The fourth-order valence-corrected chi connectivity index (χ4v) is 7.52. The molecule has 0 saturated heterocycles. The van der Waals surface area contributed by atoms with Crippen LogP contribution in [0.2, 0.25) is 0 Å². The first-order valence-electron chi connectivity index (χ1n) is 7.37. The molecule has 0 amide bonds. The molecule has 0 spiro atoms. The van der Waals surface area contributed by atoms with E-state index >= 15 is 0 Å². The first-order chi connectivity index (χ1) is 10.4. The van der Waals surface area contributed by atoms with Gasteiger partial charge in [0.2, 0.25) is 0 Å². The third kappa shape index (κ3) is 3.81. The van der Waals surface area contributed by atoms with Gasteiger partial charge in [0, 0.05) is 0 Å². The summed E-state index contributed by atoms with van der Waals surface area (Å²) in [6.45, 7) is 0. The maximum atomic E-state index is 2.47. The standard InChI is InChI=1S/C15H11.C5H5.3ClH.Zr/c1-2-6-12(7-3-1)15-11-10-13-8-4-5-9-14(13)15;1-2-4-5-3-1;;;;/h1-11H;1-3H,4H2;3*1H;. The van der Waals surface area contributed by atoms with Crippen molar-refractivity contribution in [2.75, 3.05) is 0 Å². The summed E-state index contributed by atoms with van der Waals surface area (Å²) in [5.74, 6) is 0. The molecule has 0 nitrogen and oxygen atoms in total. The smallest absolute Gasteiger partial charge is 0.147 e. The molecule has 24 heavy (non-hydrogen) atoms. The second-order valence-corrected chi connectivity index (χ2v) is 9.68. The summed E-state index contributed by atoms with van der Waals surface area (Å²) in [5, 5.41) is 0. The number of hydrogen-bond acceptors (Lipinski definition) is 0. The molecule has 4 rings (SSSR count). The third-order valence-corrected chi connectivity index (χ3v) is 8.71. The van der Waals surface area contributed by atoms with E-state index in [1.807, 2.05) is 0 Å². The Kier molecular flexibility index (Phi) is 8.23. The Labute approximate surface area is 173 Å². The molecule has 0 fully saturated rings. The van der Waals surface area contributed by atoms with E-state index in [-0.39, 0.29) is 40.3 Å². The molecular weight excluding hydrogens is 438 g/mol. The van der Waals surface area contributed by atoms with E-state index in [2.05, 4.69) is 85.0 Å². The van der Waals surface area contributed by atoms with Crippen molar-refractivity contribution in [3.8, 4) is 0 Å². The molecule has 0 heterocycles. The SMILES string of the molecule is C1=CC[C]([Zr][C]2(c3ccccc3)C=Cc3ccccc32)=C1.Cl.Cl.Cl. The van der Waals surface area contributed by atoms with Crippen molar-refractivity contribution in [2.45, 2.75) is 9.54 Å². The number of allylic oxidation sites excluding steroid dienone is 5. The van der Waals surface area contributed by atoms with E-state index in [4.69, 9.17) is 0 Å². The molecule has 2 aliphatic carbocycles. The average molecular weight is 457 g/mol. The fraction of sp³-hybridized carbons (Fsp3) is 0.100. The summed E-state index contributed by atoms with van der Waals surface area (Å²) in [5.41, 5.74) is 4.37. The molecule has 0 bridgehead atoms. The van der Waals surface area contributed by atoms with E-state index < -0.39 is 23.2 Å². The first kappa shape index (κ1) is 21.5. The van der Waals surface area contributed by atoms with E-state index in [0.717, 1.165) is 6.42 Å². The zero-order chi connectivity index (χ0) is 14.1. The number of fused-ring (bicyclic) bond motifs is 1. The summed E-state index contributed by atoms with van der Waals surface area (Å²) in [4.78, 5) is 0. The molecule has 2 aromatic rings. The van der Waals surface area contributed by atoms with E-state index in [9.17, 15) is 0 Å². The van der Waals surface area contributed by atoms with Crippen molar-refractivity contribution in [3.63, 3.8) is 0 Å². The van der Waals surface area contributed by atoms with Gasteiger partial charge >= 0.3 is 138 Å². The van der Waals surface area contributed by atoms with Crippen LogP contribution in [-0.4, -0.2) is 0 Å². The largest absolute Gasteiger partial charge is 0.147 e. The Hall–Kier alpha value is -0.587. The van der Waals surface area contributed by atoms with E-state index in [1.54, 1.807) is 3.28 Å². The minimum absolute atomic E-state index is 0. The Balaban J connectivity index is 0.000000960. The number of hydrogen-bond donors (Lipinski definition) is 0. The maximum Gasteiger partial charge on any atom is -0.147 e. The van der Waals surface area contributed by atoms with Crippen molar-refractivity contribution in [1.29, 1.82) is 0 Å². The molecule has 1 unspecified atom stereocenters. The Morgan fingerprint density at radius 1 is 0.833 bits per heavy atom. The zero-order valence-corrected chi connectivity index (χ0v) is 17.9. The molecule has 1 atom stereocenters. The summed E-state index contributed by atoms with van der Waals surface area (Å²) >= 11 is -0.775. The molecule has 2 aromatic carbocycles. The van der Waals surface area contributed by atoms with Gasteiger partial charge in [-0.25, -0.2) is 0 Å². The van der Waals surface area contributed by atoms with Crippen molar-refractivity contribution < 1.29 is 23.2 Å². The van der Waals surface area contributed by atoms with Gasteiger partial charge < -0.3 is 0 Å². The molecule has 0 saturated carbocycles. The van der Waals surface area contributed by atoms with Gasteiger partial charge in [-0.05, 0) is 0 Å². The van der Waals surface area contributed by atoms with Crippen LogP contribution in [0.1, 0.15) is 23.1 Å². The van der Waals surface area contributed by atoms with Crippen LogP contribution in [0.25, 0.3) is 6.08 Å². The van der Waals surface area contributed by atoms with Crippen LogP contribution in [0, 0.1) is 0 Å². The summed E-state index contributed by atoms with van der Waals surface area (Å²) in [6.07, 6.45) is 12.8. The quantitative estimate of drug-likeness (QED) is 0.519. The molecular formula is C20H19Cl3Zr. The Morgan fingerprint density at radius 3 is 2.25 bits per heavy atom. The molecule has 124 valence electrons. The topological polar surface area (TPSA) is 0 Å². The summed E-state index contributed by atoms with van der Waals surface area (Å²) in [6, 6.07) is 20.0. The normalized spacial score (nSPS) is 19.4. The van der Waals surface area contributed by atoms with Crippen LogP contribution in [0.4, 0.5) is 0 Å². The number of rotatable bonds is 3. The van der Waals surface area contributed by atoms with Gasteiger partial charge in [0.15, 0.2) is 0 Å². The van der Waals surface area contributed by atoms with Crippen molar-refractivity contribution in [1.82, 2.24) is 0 Å².